The number of nitrogens with zero attached hydrogens (tertiary/aromatic N) is 1. The van der Waals surface area contributed by atoms with Crippen LogP contribution in [-0.2, 0) is 4.74 Å². The third-order valence-electron chi connectivity index (χ3n) is 3.26. The Kier molecular flexibility index (Phi) is 2.35. The molecule has 0 aromatic carbocycles. The van der Waals surface area contributed by atoms with Crippen LogP contribution in [0.25, 0.3) is 0 Å². The zero-order chi connectivity index (χ0) is 8.44. The van der Waals surface area contributed by atoms with Gasteiger partial charge < -0.3 is 10.1 Å². The standard InChI is InChI=1S/C9H18N2O/c1-10-9(3-2-4-9)11-5-7-12-8-6-11/h10H,2-8H2,1H3. The van der Waals surface area contributed by atoms with Crippen molar-refractivity contribution < 1.29 is 4.74 Å². The van der Waals surface area contributed by atoms with Gasteiger partial charge in [-0.2, -0.15) is 0 Å². The molecule has 0 unspecified atom stereocenters. The molecule has 3 nitrogen and oxygen atoms in total. The minimum Gasteiger partial charge on any atom is -0.379 e. The van der Waals surface area contributed by atoms with E-state index >= 15 is 0 Å². The summed E-state index contributed by atoms with van der Waals surface area (Å²) in [4.78, 5) is 2.54. The van der Waals surface area contributed by atoms with Crippen molar-refractivity contribution in [2.24, 2.45) is 0 Å². The predicted molar refractivity (Wildman–Crippen MR) is 48.0 cm³/mol. The third-order valence-corrected chi connectivity index (χ3v) is 3.26. The second kappa shape index (κ2) is 3.32. The first-order chi connectivity index (χ1) is 5.87. The zero-order valence-electron chi connectivity index (χ0n) is 7.81. The lowest BCUT2D eigenvalue weighted by Crippen LogP contribution is -2.64. The second-order valence-electron chi connectivity index (χ2n) is 3.73. The molecule has 0 aromatic heterocycles. The van der Waals surface area contributed by atoms with E-state index in [9.17, 15) is 0 Å². The molecule has 0 bridgehead atoms. The topological polar surface area (TPSA) is 24.5 Å². The molecule has 0 spiro atoms. The molecule has 1 aliphatic carbocycles. The molecule has 1 saturated heterocycles. The van der Waals surface area contributed by atoms with E-state index in [2.05, 4.69) is 17.3 Å². The normalized spacial score (nSPS) is 29.8. The van der Waals surface area contributed by atoms with E-state index in [1.807, 2.05) is 0 Å². The molecular weight excluding hydrogens is 152 g/mol. The highest BCUT2D eigenvalue weighted by Crippen LogP contribution is 2.34. The number of hydrogen-bond donors (Lipinski definition) is 1. The van der Waals surface area contributed by atoms with Crippen LogP contribution in [0.4, 0.5) is 0 Å². The van der Waals surface area contributed by atoms with Gasteiger partial charge in [0.25, 0.3) is 0 Å². The lowest BCUT2D eigenvalue weighted by atomic mass is 9.83. The van der Waals surface area contributed by atoms with Gasteiger partial charge in [-0.15, -0.1) is 0 Å². The largest absolute Gasteiger partial charge is 0.379 e. The summed E-state index contributed by atoms with van der Waals surface area (Å²) in [5.41, 5.74) is 0.337. The van der Waals surface area contributed by atoms with Gasteiger partial charge in [-0.05, 0) is 26.3 Å². The molecule has 3 heteroatoms. The smallest absolute Gasteiger partial charge is 0.0711 e. The summed E-state index contributed by atoms with van der Waals surface area (Å²) >= 11 is 0. The second-order valence-corrected chi connectivity index (χ2v) is 3.73. The monoisotopic (exact) mass is 170 g/mol. The molecule has 12 heavy (non-hydrogen) atoms. The summed E-state index contributed by atoms with van der Waals surface area (Å²) in [5, 5.41) is 3.46. The van der Waals surface area contributed by atoms with Crippen LogP contribution in [0.3, 0.4) is 0 Å². The molecule has 1 N–H and O–H groups in total. The van der Waals surface area contributed by atoms with Crippen LogP contribution >= 0.6 is 0 Å². The van der Waals surface area contributed by atoms with Gasteiger partial charge in [0.15, 0.2) is 0 Å². The van der Waals surface area contributed by atoms with Gasteiger partial charge >= 0.3 is 0 Å². The van der Waals surface area contributed by atoms with E-state index in [1.54, 1.807) is 0 Å². The van der Waals surface area contributed by atoms with Crippen molar-refractivity contribution in [3.63, 3.8) is 0 Å². The highest BCUT2D eigenvalue weighted by atomic mass is 16.5. The van der Waals surface area contributed by atoms with E-state index in [4.69, 9.17) is 4.74 Å². The van der Waals surface area contributed by atoms with Crippen molar-refractivity contribution in [3.05, 3.63) is 0 Å². The summed E-state index contributed by atoms with van der Waals surface area (Å²) in [6.45, 7) is 4.01. The van der Waals surface area contributed by atoms with Crippen LogP contribution in [0.5, 0.6) is 0 Å². The van der Waals surface area contributed by atoms with E-state index in [1.165, 1.54) is 19.3 Å². The SMILES string of the molecule is CNC1(N2CCOCC2)CCC1. The van der Waals surface area contributed by atoms with Gasteiger partial charge in [0, 0.05) is 13.1 Å². The first-order valence-corrected chi connectivity index (χ1v) is 4.89. The van der Waals surface area contributed by atoms with Crippen molar-refractivity contribution in [1.82, 2.24) is 10.2 Å². The summed E-state index contributed by atoms with van der Waals surface area (Å²) in [6.07, 6.45) is 3.99. The minimum absolute atomic E-state index is 0.337. The Morgan fingerprint density at radius 1 is 1.25 bits per heavy atom. The zero-order valence-corrected chi connectivity index (χ0v) is 7.81. The van der Waals surface area contributed by atoms with E-state index in [-0.39, 0.29) is 0 Å². The van der Waals surface area contributed by atoms with Crippen LogP contribution < -0.4 is 5.32 Å². The highest BCUT2D eigenvalue weighted by molar-refractivity contribution is 4.95. The van der Waals surface area contributed by atoms with Crippen LogP contribution in [0.15, 0.2) is 0 Å². The maximum absolute atomic E-state index is 5.34. The summed E-state index contributed by atoms with van der Waals surface area (Å²) in [5.74, 6) is 0. The maximum atomic E-state index is 5.34. The summed E-state index contributed by atoms with van der Waals surface area (Å²) in [7, 11) is 2.08. The summed E-state index contributed by atoms with van der Waals surface area (Å²) < 4.78 is 5.34. The van der Waals surface area contributed by atoms with Crippen LogP contribution in [-0.4, -0.2) is 43.9 Å². The lowest BCUT2D eigenvalue weighted by Gasteiger charge is -2.51. The quantitative estimate of drug-likeness (QED) is 0.650. The number of hydrogen-bond acceptors (Lipinski definition) is 3. The average molecular weight is 170 g/mol. The molecule has 2 rings (SSSR count). The average Bonchev–Trinajstić information content (AvgIpc) is 2.05. The lowest BCUT2D eigenvalue weighted by molar-refractivity contribution is -0.0696. The first-order valence-electron chi connectivity index (χ1n) is 4.89. The fourth-order valence-corrected chi connectivity index (χ4v) is 2.23. The first kappa shape index (κ1) is 8.48. The van der Waals surface area contributed by atoms with Crippen molar-refractivity contribution >= 4 is 0 Å². The maximum Gasteiger partial charge on any atom is 0.0711 e. The molecule has 0 atom stereocenters. The van der Waals surface area contributed by atoms with Crippen LogP contribution in [0.1, 0.15) is 19.3 Å². The fourth-order valence-electron chi connectivity index (χ4n) is 2.23. The molecule has 1 aliphatic heterocycles. The molecule has 1 saturated carbocycles. The number of ether oxygens (including phenoxy) is 1. The molecule has 0 amide bonds. The van der Waals surface area contributed by atoms with Crippen molar-refractivity contribution in [3.8, 4) is 0 Å². The van der Waals surface area contributed by atoms with Gasteiger partial charge in [0.05, 0.1) is 18.9 Å². The van der Waals surface area contributed by atoms with Gasteiger partial charge in [0.2, 0.25) is 0 Å². The molecule has 1 heterocycles. The van der Waals surface area contributed by atoms with Crippen LogP contribution in [0, 0.1) is 0 Å². The number of nitrogens with one attached hydrogen (secondary N) is 1. The van der Waals surface area contributed by atoms with Crippen molar-refractivity contribution in [2.75, 3.05) is 33.4 Å². The van der Waals surface area contributed by atoms with Gasteiger partial charge in [-0.3, -0.25) is 4.90 Å². The van der Waals surface area contributed by atoms with E-state index in [0.29, 0.717) is 5.66 Å². The fraction of sp³-hybridized carbons (Fsp3) is 1.00. The molecule has 0 aromatic rings. The van der Waals surface area contributed by atoms with E-state index < -0.39 is 0 Å². The molecule has 2 fully saturated rings. The third kappa shape index (κ3) is 1.26. The Balaban J connectivity index is 1.95. The number of rotatable bonds is 2. The minimum atomic E-state index is 0.337. The summed E-state index contributed by atoms with van der Waals surface area (Å²) in [6, 6.07) is 0. The Hall–Kier alpha value is -0.120. The molecule has 0 radical (unpaired) electrons. The van der Waals surface area contributed by atoms with Crippen molar-refractivity contribution in [2.45, 2.75) is 24.9 Å². The van der Waals surface area contributed by atoms with E-state index in [0.717, 1.165) is 26.3 Å². The van der Waals surface area contributed by atoms with Gasteiger partial charge in [-0.25, -0.2) is 0 Å². The molecular formula is C9H18N2O. The Labute approximate surface area is 74.1 Å². The Morgan fingerprint density at radius 3 is 2.33 bits per heavy atom. The Morgan fingerprint density at radius 2 is 1.92 bits per heavy atom. The predicted octanol–water partition coefficient (Wildman–Crippen LogP) is 0.418. The van der Waals surface area contributed by atoms with Crippen LogP contribution in [0.2, 0.25) is 0 Å². The van der Waals surface area contributed by atoms with Gasteiger partial charge in [-0.1, -0.05) is 0 Å². The Bertz CT molecular complexity index is 145. The van der Waals surface area contributed by atoms with Crippen molar-refractivity contribution in [1.29, 1.82) is 0 Å². The number of morpholine rings is 1. The highest BCUT2D eigenvalue weighted by Gasteiger charge is 2.41. The van der Waals surface area contributed by atoms with Gasteiger partial charge in [0.1, 0.15) is 0 Å². The molecule has 2 aliphatic rings. The molecule has 70 valence electrons.